The molecule has 0 bridgehead atoms. The van der Waals surface area contributed by atoms with Gasteiger partial charge in [-0.25, -0.2) is 0 Å². The summed E-state index contributed by atoms with van der Waals surface area (Å²) >= 11 is 0. The van der Waals surface area contributed by atoms with Crippen LogP contribution >= 0.6 is 0 Å². The molecular formula is C22H27N3O6. The number of carbonyl (C=O) groups is 1. The molecular weight excluding hydrogens is 402 g/mol. The molecule has 0 aromatic heterocycles. The molecule has 9 heteroatoms. The van der Waals surface area contributed by atoms with Gasteiger partial charge >= 0.3 is 5.69 Å². The van der Waals surface area contributed by atoms with Crippen molar-refractivity contribution in [3.05, 3.63) is 57.6 Å². The number of methoxy groups -OCH3 is 3. The van der Waals surface area contributed by atoms with Gasteiger partial charge in [0.2, 0.25) is 11.5 Å². The summed E-state index contributed by atoms with van der Waals surface area (Å²) in [6.07, 6.45) is 0.751. The minimum Gasteiger partial charge on any atom is -0.493 e. The van der Waals surface area contributed by atoms with Crippen LogP contribution in [-0.4, -0.2) is 56.2 Å². The molecule has 0 spiro atoms. The average molecular weight is 429 g/mol. The standard InChI is InChI=1S/C22H27N3O6/c1-14(15-8-6-5-7-9-15)24-11-10-16(13-24)23-22(26)17-12-18(29-2)20(30-3)21(31-4)19(17)25(27)28/h5-9,12,14,16H,10-11,13H2,1-4H3,(H,23,26). The molecule has 1 aliphatic heterocycles. The maximum atomic E-state index is 13.0. The first-order chi connectivity index (χ1) is 14.9. The van der Waals surface area contributed by atoms with Crippen LogP contribution in [0.25, 0.3) is 0 Å². The fourth-order valence-electron chi connectivity index (χ4n) is 3.96. The minimum absolute atomic E-state index is 0.0666. The highest BCUT2D eigenvalue weighted by molar-refractivity contribution is 6.00. The van der Waals surface area contributed by atoms with Crippen molar-refractivity contribution in [1.82, 2.24) is 10.2 Å². The van der Waals surface area contributed by atoms with Crippen LogP contribution in [0.3, 0.4) is 0 Å². The van der Waals surface area contributed by atoms with Crippen molar-refractivity contribution >= 4 is 11.6 Å². The molecule has 0 radical (unpaired) electrons. The fourth-order valence-corrected chi connectivity index (χ4v) is 3.96. The summed E-state index contributed by atoms with van der Waals surface area (Å²) in [6.45, 7) is 3.60. The fraction of sp³-hybridized carbons (Fsp3) is 0.409. The zero-order valence-electron chi connectivity index (χ0n) is 18.1. The third kappa shape index (κ3) is 4.56. The summed E-state index contributed by atoms with van der Waals surface area (Å²) < 4.78 is 15.7. The molecule has 0 aliphatic carbocycles. The predicted octanol–water partition coefficient (Wildman–Crippen LogP) is 3.19. The number of nitrogens with zero attached hydrogens (tertiary/aromatic N) is 2. The molecule has 0 saturated carbocycles. The summed E-state index contributed by atoms with van der Waals surface area (Å²) in [6, 6.07) is 11.5. The Kier molecular flexibility index (Phi) is 6.96. The first kappa shape index (κ1) is 22.4. The lowest BCUT2D eigenvalue weighted by Crippen LogP contribution is -2.37. The monoisotopic (exact) mass is 429 g/mol. The van der Waals surface area contributed by atoms with Crippen LogP contribution in [0.5, 0.6) is 17.2 Å². The maximum Gasteiger partial charge on any atom is 0.327 e. The molecule has 1 heterocycles. The molecule has 2 aromatic carbocycles. The third-order valence-corrected chi connectivity index (χ3v) is 5.62. The number of carbonyl (C=O) groups excluding carboxylic acids is 1. The number of nitro groups is 1. The van der Waals surface area contributed by atoms with Gasteiger partial charge in [-0.05, 0) is 18.9 Å². The molecule has 2 aromatic rings. The minimum atomic E-state index is -0.645. The quantitative estimate of drug-likeness (QED) is 0.508. The smallest absolute Gasteiger partial charge is 0.327 e. The van der Waals surface area contributed by atoms with Crippen molar-refractivity contribution in [1.29, 1.82) is 0 Å². The summed E-state index contributed by atoms with van der Waals surface area (Å²) in [5.74, 6) is -0.453. The van der Waals surface area contributed by atoms with Crippen molar-refractivity contribution in [3.63, 3.8) is 0 Å². The van der Waals surface area contributed by atoms with Crippen LogP contribution < -0.4 is 19.5 Å². The largest absolute Gasteiger partial charge is 0.493 e. The number of hydrogen-bond donors (Lipinski definition) is 1. The van der Waals surface area contributed by atoms with Gasteiger partial charge in [0.1, 0.15) is 5.56 Å². The topological polar surface area (TPSA) is 103 Å². The number of benzene rings is 2. The van der Waals surface area contributed by atoms with Gasteiger partial charge in [-0.3, -0.25) is 19.8 Å². The number of hydrogen-bond acceptors (Lipinski definition) is 7. The van der Waals surface area contributed by atoms with E-state index in [1.165, 1.54) is 33.0 Å². The molecule has 9 nitrogen and oxygen atoms in total. The van der Waals surface area contributed by atoms with Crippen molar-refractivity contribution < 1.29 is 23.9 Å². The van der Waals surface area contributed by atoms with E-state index >= 15 is 0 Å². The molecule has 3 rings (SSSR count). The number of amides is 1. The van der Waals surface area contributed by atoms with E-state index in [4.69, 9.17) is 14.2 Å². The molecule has 1 N–H and O–H groups in total. The molecule has 1 amide bonds. The lowest BCUT2D eigenvalue weighted by atomic mass is 10.1. The van der Waals surface area contributed by atoms with Gasteiger partial charge in [-0.15, -0.1) is 0 Å². The van der Waals surface area contributed by atoms with E-state index in [9.17, 15) is 14.9 Å². The molecule has 1 aliphatic rings. The Labute approximate surface area is 181 Å². The van der Waals surface area contributed by atoms with E-state index in [2.05, 4.69) is 29.3 Å². The molecule has 166 valence electrons. The maximum absolute atomic E-state index is 13.0. The van der Waals surface area contributed by atoms with Gasteiger partial charge in [0, 0.05) is 31.2 Å². The van der Waals surface area contributed by atoms with Crippen molar-refractivity contribution in [2.75, 3.05) is 34.4 Å². The van der Waals surface area contributed by atoms with Gasteiger partial charge in [-0.2, -0.15) is 0 Å². The van der Waals surface area contributed by atoms with E-state index in [0.717, 1.165) is 13.0 Å². The Hall–Kier alpha value is -3.33. The summed E-state index contributed by atoms with van der Waals surface area (Å²) in [5.41, 5.74) is 0.619. The molecule has 1 fully saturated rings. The van der Waals surface area contributed by atoms with Crippen LogP contribution in [0.1, 0.15) is 35.3 Å². The van der Waals surface area contributed by atoms with Crippen molar-refractivity contribution in [3.8, 4) is 17.2 Å². The first-order valence-corrected chi connectivity index (χ1v) is 9.98. The third-order valence-electron chi connectivity index (χ3n) is 5.62. The van der Waals surface area contributed by atoms with E-state index in [1.807, 2.05) is 18.2 Å². The zero-order valence-corrected chi connectivity index (χ0v) is 18.1. The number of likely N-dealkylation sites (tertiary alicyclic amines) is 1. The lowest BCUT2D eigenvalue weighted by Gasteiger charge is -2.25. The summed E-state index contributed by atoms with van der Waals surface area (Å²) in [5, 5.41) is 14.7. The van der Waals surface area contributed by atoms with E-state index in [0.29, 0.717) is 6.54 Å². The Bertz CT molecular complexity index is 950. The summed E-state index contributed by atoms with van der Waals surface area (Å²) in [7, 11) is 4.03. The van der Waals surface area contributed by atoms with Crippen molar-refractivity contribution in [2.45, 2.75) is 25.4 Å². The van der Waals surface area contributed by atoms with Crippen LogP contribution in [0.2, 0.25) is 0 Å². The highest BCUT2D eigenvalue weighted by Crippen LogP contribution is 2.46. The van der Waals surface area contributed by atoms with Gasteiger partial charge in [-0.1, -0.05) is 30.3 Å². The second-order valence-electron chi connectivity index (χ2n) is 7.34. The van der Waals surface area contributed by atoms with E-state index in [-0.39, 0.29) is 34.9 Å². The first-order valence-electron chi connectivity index (χ1n) is 9.98. The summed E-state index contributed by atoms with van der Waals surface area (Å²) in [4.78, 5) is 26.4. The SMILES string of the molecule is COc1cc(C(=O)NC2CCN(C(C)c3ccccc3)C2)c([N+](=O)[O-])c(OC)c1OC. The second kappa shape index (κ2) is 9.65. The van der Waals surface area contributed by atoms with Crippen LogP contribution in [0.15, 0.2) is 36.4 Å². The van der Waals surface area contributed by atoms with Gasteiger partial charge in [0.25, 0.3) is 5.91 Å². The van der Waals surface area contributed by atoms with Gasteiger partial charge < -0.3 is 19.5 Å². The number of ether oxygens (including phenoxy) is 3. The predicted molar refractivity (Wildman–Crippen MR) is 115 cm³/mol. The zero-order chi connectivity index (χ0) is 22.5. The normalized spacial score (nSPS) is 17.1. The number of nitro benzene ring substituents is 1. The number of nitrogens with one attached hydrogen (secondary N) is 1. The Morgan fingerprint density at radius 1 is 1.16 bits per heavy atom. The van der Waals surface area contributed by atoms with Gasteiger partial charge in [0.15, 0.2) is 5.75 Å². The molecule has 1 saturated heterocycles. The van der Waals surface area contributed by atoms with Crippen LogP contribution in [-0.2, 0) is 0 Å². The lowest BCUT2D eigenvalue weighted by molar-refractivity contribution is -0.386. The highest BCUT2D eigenvalue weighted by Gasteiger charge is 2.34. The van der Waals surface area contributed by atoms with Crippen LogP contribution in [0.4, 0.5) is 5.69 Å². The van der Waals surface area contributed by atoms with Crippen molar-refractivity contribution in [2.24, 2.45) is 0 Å². The average Bonchev–Trinajstić information content (AvgIpc) is 3.25. The van der Waals surface area contributed by atoms with E-state index < -0.39 is 16.5 Å². The number of rotatable bonds is 8. The van der Waals surface area contributed by atoms with Gasteiger partial charge in [0.05, 0.1) is 26.3 Å². The Morgan fingerprint density at radius 3 is 2.42 bits per heavy atom. The Balaban J connectivity index is 1.81. The van der Waals surface area contributed by atoms with E-state index in [1.54, 1.807) is 0 Å². The highest BCUT2D eigenvalue weighted by atomic mass is 16.6. The van der Waals surface area contributed by atoms with Crippen LogP contribution in [0, 0.1) is 10.1 Å². The molecule has 2 unspecified atom stereocenters. The molecule has 2 atom stereocenters. The molecule has 31 heavy (non-hydrogen) atoms. The second-order valence-corrected chi connectivity index (χ2v) is 7.34. The Morgan fingerprint density at radius 2 is 1.84 bits per heavy atom.